The number of carbonyl (C=O) groups excluding carboxylic acids is 1. The Balaban J connectivity index is 2.13. The van der Waals surface area contributed by atoms with Gasteiger partial charge in [-0.15, -0.1) is 0 Å². The zero-order valence-electron chi connectivity index (χ0n) is 15.0. The van der Waals surface area contributed by atoms with Gasteiger partial charge in [0.05, 0.1) is 13.0 Å². The van der Waals surface area contributed by atoms with E-state index in [0.29, 0.717) is 12.1 Å². The monoisotopic (exact) mass is 393 g/mol. The maximum Gasteiger partial charge on any atom is 0.316 e. The first kappa shape index (κ1) is 19.9. The fraction of sp³-hybridized carbons (Fsp3) is 0.300. The number of carbonyl (C=O) groups is 2. The topological polar surface area (TPSA) is 66.8 Å². The van der Waals surface area contributed by atoms with Gasteiger partial charge in [-0.2, -0.15) is 0 Å². The van der Waals surface area contributed by atoms with E-state index in [9.17, 15) is 27.9 Å². The first-order chi connectivity index (χ1) is 13.3. The summed E-state index contributed by atoms with van der Waals surface area (Å²) in [5.74, 6) is -8.19. The Morgan fingerprint density at radius 3 is 2.39 bits per heavy atom. The van der Waals surface area contributed by atoms with Gasteiger partial charge in [0.1, 0.15) is 11.2 Å². The summed E-state index contributed by atoms with van der Waals surface area (Å²) in [5.41, 5.74) is -2.46. The Hall–Kier alpha value is -2.87. The van der Waals surface area contributed by atoms with Gasteiger partial charge < -0.3 is 9.84 Å². The van der Waals surface area contributed by atoms with E-state index in [2.05, 4.69) is 0 Å². The predicted molar refractivity (Wildman–Crippen MR) is 92.9 cm³/mol. The SMILES string of the molecule is COC(=O)C1CN(Cc2ccccc2)CC1(C(=O)O)c1c(F)ccc(F)c1F. The van der Waals surface area contributed by atoms with Gasteiger partial charge >= 0.3 is 11.9 Å². The highest BCUT2D eigenvalue weighted by Crippen LogP contribution is 2.43. The van der Waals surface area contributed by atoms with Crippen LogP contribution in [0.15, 0.2) is 42.5 Å². The number of halogens is 3. The molecule has 5 nitrogen and oxygen atoms in total. The van der Waals surface area contributed by atoms with Crippen molar-refractivity contribution in [2.75, 3.05) is 20.2 Å². The lowest BCUT2D eigenvalue weighted by Crippen LogP contribution is -2.48. The first-order valence-electron chi connectivity index (χ1n) is 8.52. The standard InChI is InChI=1S/C20H18F3NO4/c1-28-18(25)13-10-24(9-12-5-3-2-4-6-12)11-20(13,19(26)27)16-14(21)7-8-15(22)17(16)23/h2-8,13H,9-11H2,1H3,(H,26,27). The smallest absolute Gasteiger partial charge is 0.316 e. The number of likely N-dealkylation sites (tertiary alicyclic amines) is 1. The number of hydrogen-bond donors (Lipinski definition) is 1. The lowest BCUT2D eigenvalue weighted by Gasteiger charge is -2.30. The molecule has 2 unspecified atom stereocenters. The number of esters is 1. The van der Waals surface area contributed by atoms with Crippen LogP contribution in [0, 0.1) is 23.4 Å². The maximum absolute atomic E-state index is 14.6. The number of carboxylic acids is 1. The molecular weight excluding hydrogens is 375 g/mol. The number of carboxylic acid groups (broad SMARTS) is 1. The molecule has 0 bridgehead atoms. The van der Waals surface area contributed by atoms with Gasteiger partial charge in [0.15, 0.2) is 11.6 Å². The van der Waals surface area contributed by atoms with Crippen molar-refractivity contribution in [1.82, 2.24) is 4.90 Å². The molecular formula is C20H18F3NO4. The molecule has 1 aliphatic rings. The molecule has 0 spiro atoms. The average Bonchev–Trinajstić information content (AvgIpc) is 3.05. The molecule has 8 heteroatoms. The minimum absolute atomic E-state index is 0.108. The van der Waals surface area contributed by atoms with Crippen LogP contribution in [0.4, 0.5) is 13.2 Å². The zero-order chi connectivity index (χ0) is 20.5. The molecule has 1 heterocycles. The van der Waals surface area contributed by atoms with E-state index < -0.39 is 46.3 Å². The van der Waals surface area contributed by atoms with E-state index in [1.54, 1.807) is 29.2 Å². The molecule has 1 N–H and O–H groups in total. The summed E-state index contributed by atoms with van der Waals surface area (Å²) in [6.07, 6.45) is 0. The molecule has 0 radical (unpaired) electrons. The fourth-order valence-corrected chi connectivity index (χ4v) is 3.83. The second kappa shape index (κ2) is 7.63. The van der Waals surface area contributed by atoms with Crippen molar-refractivity contribution in [3.05, 3.63) is 71.0 Å². The Kier molecular flexibility index (Phi) is 5.42. The second-order valence-electron chi connectivity index (χ2n) is 6.73. The fourth-order valence-electron chi connectivity index (χ4n) is 3.83. The number of benzene rings is 2. The minimum atomic E-state index is -2.32. The molecule has 2 aromatic carbocycles. The van der Waals surface area contributed by atoms with Crippen molar-refractivity contribution in [3.8, 4) is 0 Å². The van der Waals surface area contributed by atoms with Crippen LogP contribution in [0.25, 0.3) is 0 Å². The van der Waals surface area contributed by atoms with E-state index in [4.69, 9.17) is 4.74 Å². The molecule has 0 saturated carbocycles. The van der Waals surface area contributed by atoms with E-state index >= 15 is 0 Å². The van der Waals surface area contributed by atoms with Crippen LogP contribution in [-0.4, -0.2) is 42.1 Å². The van der Waals surface area contributed by atoms with Crippen LogP contribution in [-0.2, 0) is 26.3 Å². The average molecular weight is 393 g/mol. The number of rotatable bonds is 5. The third kappa shape index (κ3) is 3.24. The highest BCUT2D eigenvalue weighted by Gasteiger charge is 2.59. The van der Waals surface area contributed by atoms with E-state index in [0.717, 1.165) is 12.7 Å². The Bertz CT molecular complexity index is 906. The van der Waals surface area contributed by atoms with E-state index in [1.165, 1.54) is 0 Å². The summed E-state index contributed by atoms with van der Waals surface area (Å²) in [4.78, 5) is 26.2. The molecule has 2 aromatic rings. The molecule has 0 aromatic heterocycles. The Morgan fingerprint density at radius 1 is 1.14 bits per heavy atom. The maximum atomic E-state index is 14.6. The van der Waals surface area contributed by atoms with Crippen LogP contribution >= 0.6 is 0 Å². The molecule has 1 saturated heterocycles. The molecule has 1 aliphatic heterocycles. The van der Waals surface area contributed by atoms with Crippen molar-refractivity contribution in [3.63, 3.8) is 0 Å². The number of methoxy groups -OCH3 is 1. The van der Waals surface area contributed by atoms with E-state index in [-0.39, 0.29) is 19.6 Å². The van der Waals surface area contributed by atoms with Crippen molar-refractivity contribution < 1.29 is 32.6 Å². The van der Waals surface area contributed by atoms with Crippen molar-refractivity contribution in [2.45, 2.75) is 12.0 Å². The normalized spacial score (nSPS) is 22.2. The molecule has 28 heavy (non-hydrogen) atoms. The quantitative estimate of drug-likeness (QED) is 0.625. The Morgan fingerprint density at radius 2 is 1.79 bits per heavy atom. The highest BCUT2D eigenvalue weighted by atomic mass is 19.2. The second-order valence-corrected chi connectivity index (χ2v) is 6.73. The molecule has 3 rings (SSSR count). The molecule has 2 atom stereocenters. The largest absolute Gasteiger partial charge is 0.481 e. The summed E-state index contributed by atoms with van der Waals surface area (Å²) >= 11 is 0. The van der Waals surface area contributed by atoms with Crippen LogP contribution in [0.1, 0.15) is 11.1 Å². The number of nitrogens with zero attached hydrogens (tertiary/aromatic N) is 1. The molecule has 148 valence electrons. The number of aliphatic carboxylic acids is 1. The predicted octanol–water partition coefficient (Wildman–Crippen LogP) is 2.73. The molecule has 0 aliphatic carbocycles. The third-order valence-electron chi connectivity index (χ3n) is 5.12. The number of hydrogen-bond acceptors (Lipinski definition) is 4. The van der Waals surface area contributed by atoms with Crippen LogP contribution in [0.5, 0.6) is 0 Å². The summed E-state index contributed by atoms with van der Waals surface area (Å²) in [5, 5.41) is 9.97. The van der Waals surface area contributed by atoms with Crippen LogP contribution < -0.4 is 0 Å². The summed E-state index contributed by atoms with van der Waals surface area (Å²) in [7, 11) is 1.06. The summed E-state index contributed by atoms with van der Waals surface area (Å²) in [6, 6.07) is 10.2. The first-order valence-corrected chi connectivity index (χ1v) is 8.52. The van der Waals surface area contributed by atoms with Crippen LogP contribution in [0.2, 0.25) is 0 Å². The zero-order valence-corrected chi connectivity index (χ0v) is 15.0. The minimum Gasteiger partial charge on any atom is -0.481 e. The van der Waals surface area contributed by atoms with Gasteiger partial charge in [0.2, 0.25) is 0 Å². The summed E-state index contributed by atoms with van der Waals surface area (Å²) < 4.78 is 47.6. The van der Waals surface area contributed by atoms with Crippen molar-refractivity contribution in [1.29, 1.82) is 0 Å². The van der Waals surface area contributed by atoms with Crippen molar-refractivity contribution >= 4 is 11.9 Å². The van der Waals surface area contributed by atoms with Gasteiger partial charge in [-0.1, -0.05) is 30.3 Å². The lowest BCUT2D eigenvalue weighted by molar-refractivity contribution is -0.155. The Labute approximate surface area is 159 Å². The highest BCUT2D eigenvalue weighted by molar-refractivity contribution is 5.91. The number of ether oxygens (including phenoxy) is 1. The molecule has 0 amide bonds. The third-order valence-corrected chi connectivity index (χ3v) is 5.12. The van der Waals surface area contributed by atoms with Gasteiger partial charge in [-0.05, 0) is 17.7 Å². The van der Waals surface area contributed by atoms with Crippen LogP contribution in [0.3, 0.4) is 0 Å². The van der Waals surface area contributed by atoms with Crippen molar-refractivity contribution in [2.24, 2.45) is 5.92 Å². The van der Waals surface area contributed by atoms with E-state index in [1.807, 2.05) is 6.07 Å². The van der Waals surface area contributed by atoms with Gasteiger partial charge in [0.25, 0.3) is 0 Å². The van der Waals surface area contributed by atoms with Gasteiger partial charge in [-0.3, -0.25) is 14.5 Å². The lowest BCUT2D eigenvalue weighted by atomic mass is 9.71. The van der Waals surface area contributed by atoms with Gasteiger partial charge in [0, 0.05) is 25.2 Å². The molecule has 1 fully saturated rings. The summed E-state index contributed by atoms with van der Waals surface area (Å²) in [6.45, 7) is -0.237. The van der Waals surface area contributed by atoms with Gasteiger partial charge in [-0.25, -0.2) is 13.2 Å².